The zero-order valence-electron chi connectivity index (χ0n) is 12.2. The molecule has 0 saturated heterocycles. The van der Waals surface area contributed by atoms with Crippen LogP contribution in [0.4, 0.5) is 0 Å². The molecule has 2 N–H and O–H groups in total. The van der Waals surface area contributed by atoms with E-state index in [1.165, 1.54) is 13.2 Å². The maximum Gasteiger partial charge on any atom is 0.328 e. The summed E-state index contributed by atoms with van der Waals surface area (Å²) in [5, 5.41) is 12.4. The lowest BCUT2D eigenvalue weighted by Gasteiger charge is -2.17. The van der Waals surface area contributed by atoms with Gasteiger partial charge in [-0.05, 0) is 23.8 Å². The molecule has 0 aliphatic carbocycles. The van der Waals surface area contributed by atoms with Gasteiger partial charge in [-0.2, -0.15) is 0 Å². The van der Waals surface area contributed by atoms with Gasteiger partial charge in [0.05, 0.1) is 7.11 Å². The van der Waals surface area contributed by atoms with Gasteiger partial charge >= 0.3 is 5.97 Å². The number of ether oxygens (including phenoxy) is 1. The van der Waals surface area contributed by atoms with Crippen molar-refractivity contribution in [2.75, 3.05) is 7.11 Å². The molecule has 1 atom stereocenters. The number of phenolic OH excluding ortho intramolecular Hbond substituents is 1. The fourth-order valence-electron chi connectivity index (χ4n) is 2.07. The van der Waals surface area contributed by atoms with Crippen LogP contribution in [0.1, 0.15) is 15.9 Å². The lowest BCUT2D eigenvalue weighted by atomic mass is 10.0. The van der Waals surface area contributed by atoms with E-state index in [1.807, 2.05) is 0 Å². The van der Waals surface area contributed by atoms with Crippen molar-refractivity contribution in [2.45, 2.75) is 12.5 Å². The van der Waals surface area contributed by atoms with Gasteiger partial charge < -0.3 is 15.2 Å². The van der Waals surface area contributed by atoms with E-state index in [0.717, 1.165) is 0 Å². The molecule has 5 heteroatoms. The third-order valence-electron chi connectivity index (χ3n) is 3.24. The Hall–Kier alpha value is -2.82. The number of methoxy groups -OCH3 is 1. The fourth-order valence-corrected chi connectivity index (χ4v) is 2.07. The van der Waals surface area contributed by atoms with Crippen molar-refractivity contribution in [3.63, 3.8) is 0 Å². The van der Waals surface area contributed by atoms with E-state index in [9.17, 15) is 14.7 Å². The zero-order chi connectivity index (χ0) is 15.9. The van der Waals surface area contributed by atoms with Crippen molar-refractivity contribution in [1.82, 2.24) is 5.32 Å². The number of hydrogen-bond donors (Lipinski definition) is 2. The summed E-state index contributed by atoms with van der Waals surface area (Å²) in [6, 6.07) is 14.4. The zero-order valence-corrected chi connectivity index (χ0v) is 12.2. The maximum atomic E-state index is 12.2. The Kier molecular flexibility index (Phi) is 5.14. The first kappa shape index (κ1) is 15.6. The van der Waals surface area contributed by atoms with Crippen LogP contribution in [0.15, 0.2) is 54.6 Å². The van der Waals surface area contributed by atoms with Gasteiger partial charge in [-0.3, -0.25) is 4.79 Å². The summed E-state index contributed by atoms with van der Waals surface area (Å²) >= 11 is 0. The van der Waals surface area contributed by atoms with Gasteiger partial charge in [-0.1, -0.05) is 36.4 Å². The number of esters is 1. The largest absolute Gasteiger partial charge is 0.508 e. The summed E-state index contributed by atoms with van der Waals surface area (Å²) < 4.78 is 4.73. The molecule has 0 saturated carbocycles. The maximum absolute atomic E-state index is 12.2. The molecule has 5 nitrogen and oxygen atoms in total. The van der Waals surface area contributed by atoms with Gasteiger partial charge in [-0.25, -0.2) is 4.79 Å². The first-order valence-corrected chi connectivity index (χ1v) is 6.82. The van der Waals surface area contributed by atoms with Crippen LogP contribution in [0.2, 0.25) is 0 Å². The molecule has 0 heterocycles. The van der Waals surface area contributed by atoms with Crippen LogP contribution in [0, 0.1) is 0 Å². The van der Waals surface area contributed by atoms with E-state index in [4.69, 9.17) is 4.74 Å². The van der Waals surface area contributed by atoms with Gasteiger partial charge in [-0.15, -0.1) is 0 Å². The second-order valence-electron chi connectivity index (χ2n) is 4.75. The Labute approximate surface area is 128 Å². The molecule has 0 fully saturated rings. The van der Waals surface area contributed by atoms with Gasteiger partial charge in [0.2, 0.25) is 0 Å². The molecule has 1 amide bonds. The lowest BCUT2D eigenvalue weighted by molar-refractivity contribution is -0.142. The minimum atomic E-state index is -0.869. The summed E-state index contributed by atoms with van der Waals surface area (Å²) in [5.41, 5.74) is 1.01. The number of amides is 1. The smallest absolute Gasteiger partial charge is 0.328 e. The number of hydrogen-bond acceptors (Lipinski definition) is 4. The van der Waals surface area contributed by atoms with Crippen LogP contribution >= 0.6 is 0 Å². The van der Waals surface area contributed by atoms with Crippen LogP contribution in [0.3, 0.4) is 0 Å². The van der Waals surface area contributed by atoms with Crippen LogP contribution in [0.5, 0.6) is 5.75 Å². The molecule has 2 rings (SSSR count). The predicted octanol–water partition coefficient (Wildman–Crippen LogP) is 1.91. The number of rotatable bonds is 5. The average Bonchev–Trinajstić information content (AvgIpc) is 2.56. The number of aromatic hydroxyl groups is 1. The van der Waals surface area contributed by atoms with E-state index in [2.05, 4.69) is 5.32 Å². The van der Waals surface area contributed by atoms with E-state index < -0.39 is 12.0 Å². The molecule has 114 valence electrons. The van der Waals surface area contributed by atoms with Crippen molar-refractivity contribution in [3.8, 4) is 5.75 Å². The van der Waals surface area contributed by atoms with Crippen molar-refractivity contribution in [3.05, 3.63) is 65.7 Å². The number of nitrogens with one attached hydrogen (secondary N) is 1. The summed E-state index contributed by atoms with van der Waals surface area (Å²) in [5.74, 6) is -0.857. The van der Waals surface area contributed by atoms with Gasteiger partial charge in [0.25, 0.3) is 5.91 Å². The third-order valence-corrected chi connectivity index (χ3v) is 3.24. The minimum absolute atomic E-state index is 0.0744. The van der Waals surface area contributed by atoms with Crippen LogP contribution in [-0.4, -0.2) is 30.1 Å². The molecule has 2 aromatic carbocycles. The summed E-state index contributed by atoms with van der Waals surface area (Å²) in [6.07, 6.45) is 0.151. The third kappa shape index (κ3) is 3.85. The topological polar surface area (TPSA) is 75.6 Å². The van der Waals surface area contributed by atoms with E-state index in [-0.39, 0.29) is 18.1 Å². The van der Waals surface area contributed by atoms with E-state index in [0.29, 0.717) is 11.1 Å². The van der Waals surface area contributed by atoms with Crippen molar-refractivity contribution in [1.29, 1.82) is 0 Å². The molecule has 0 aliphatic rings. The van der Waals surface area contributed by atoms with Crippen molar-refractivity contribution in [2.24, 2.45) is 0 Å². The molecular weight excluding hydrogens is 282 g/mol. The highest BCUT2D eigenvalue weighted by atomic mass is 16.5. The Morgan fingerprint density at radius 1 is 1.09 bits per heavy atom. The molecular formula is C17H17NO4. The first-order chi connectivity index (χ1) is 10.6. The van der Waals surface area contributed by atoms with E-state index >= 15 is 0 Å². The molecule has 0 aliphatic heterocycles. The number of carbonyl (C=O) groups is 2. The van der Waals surface area contributed by atoms with Gasteiger partial charge in [0, 0.05) is 12.0 Å². The molecule has 2 aromatic rings. The van der Waals surface area contributed by atoms with Crippen LogP contribution < -0.4 is 5.32 Å². The normalized spacial score (nSPS) is 11.5. The first-order valence-electron chi connectivity index (χ1n) is 6.82. The summed E-state index contributed by atoms with van der Waals surface area (Å²) in [7, 11) is 1.26. The minimum Gasteiger partial charge on any atom is -0.508 e. The second kappa shape index (κ2) is 7.26. The van der Waals surface area contributed by atoms with Crippen molar-refractivity contribution < 1.29 is 19.4 Å². The van der Waals surface area contributed by atoms with Gasteiger partial charge in [0.15, 0.2) is 0 Å². The molecule has 22 heavy (non-hydrogen) atoms. The number of para-hydroxylation sites is 1. The fraction of sp³-hybridized carbons (Fsp3) is 0.176. The van der Waals surface area contributed by atoms with Gasteiger partial charge in [0.1, 0.15) is 11.8 Å². The summed E-state index contributed by atoms with van der Waals surface area (Å²) in [6.45, 7) is 0. The van der Waals surface area contributed by atoms with Crippen LogP contribution in [0.25, 0.3) is 0 Å². The monoisotopic (exact) mass is 299 g/mol. The Balaban J connectivity index is 2.15. The average molecular weight is 299 g/mol. The Morgan fingerprint density at radius 3 is 2.36 bits per heavy atom. The highest BCUT2D eigenvalue weighted by Gasteiger charge is 2.23. The van der Waals surface area contributed by atoms with E-state index in [1.54, 1.807) is 48.5 Å². The summed E-state index contributed by atoms with van der Waals surface area (Å²) in [4.78, 5) is 24.0. The Bertz CT molecular complexity index is 655. The Morgan fingerprint density at radius 2 is 1.73 bits per heavy atom. The molecule has 0 spiro atoms. The number of benzene rings is 2. The SMILES string of the molecule is COC(=O)[C@@H](Cc1ccccc1O)NC(=O)c1ccccc1. The molecule has 0 aromatic heterocycles. The predicted molar refractivity (Wildman–Crippen MR) is 81.5 cm³/mol. The van der Waals surface area contributed by atoms with Crippen molar-refractivity contribution >= 4 is 11.9 Å². The molecule has 0 unspecified atom stereocenters. The quantitative estimate of drug-likeness (QED) is 0.827. The second-order valence-corrected chi connectivity index (χ2v) is 4.75. The molecule has 0 bridgehead atoms. The highest BCUT2D eigenvalue weighted by Crippen LogP contribution is 2.18. The lowest BCUT2D eigenvalue weighted by Crippen LogP contribution is -2.43. The standard InChI is InChI=1S/C17H17NO4/c1-22-17(21)14(11-13-9-5-6-10-15(13)19)18-16(20)12-7-3-2-4-8-12/h2-10,14,19H,11H2,1H3,(H,18,20)/t14-/m1/s1. The number of phenols is 1. The van der Waals surface area contributed by atoms with Crippen LogP contribution in [-0.2, 0) is 16.0 Å². The number of carbonyl (C=O) groups excluding carboxylic acids is 2. The highest BCUT2D eigenvalue weighted by molar-refractivity contribution is 5.96. The molecule has 0 radical (unpaired) electrons.